The third kappa shape index (κ3) is 8.13. The van der Waals surface area contributed by atoms with Gasteiger partial charge in [0.2, 0.25) is 5.91 Å². The average molecular weight is 450 g/mol. The minimum absolute atomic E-state index is 0. The highest BCUT2D eigenvalue weighted by Gasteiger charge is 2.19. The molecule has 2 rings (SSSR count). The van der Waals surface area contributed by atoms with Gasteiger partial charge in [-0.3, -0.25) is 19.6 Å². The van der Waals surface area contributed by atoms with Crippen LogP contribution in [-0.4, -0.2) is 42.1 Å². The largest absolute Gasteiger partial charge is 0.339 e. The molecular weight excluding hydrogens is 422 g/mol. The first kappa shape index (κ1) is 26.9. The molecule has 9 heteroatoms. The van der Waals surface area contributed by atoms with Crippen LogP contribution >= 0.6 is 0 Å². The summed E-state index contributed by atoms with van der Waals surface area (Å²) in [7, 11) is 0. The highest BCUT2D eigenvalue weighted by atomic mass is 16.5. The zero-order valence-corrected chi connectivity index (χ0v) is 17.4. The molecular formula is C24H27N5O4. The minimum atomic E-state index is -1.04. The van der Waals surface area contributed by atoms with Gasteiger partial charge in [0, 0.05) is 28.9 Å². The fourth-order valence-electron chi connectivity index (χ4n) is 2.55. The zero-order valence-electron chi connectivity index (χ0n) is 17.4. The number of benzene rings is 2. The van der Waals surface area contributed by atoms with Gasteiger partial charge in [-0.1, -0.05) is 19.3 Å². The second-order valence-electron chi connectivity index (χ2n) is 6.60. The number of nitrogens with two attached hydrogens (primary N) is 2. The van der Waals surface area contributed by atoms with Crippen LogP contribution in [0.15, 0.2) is 42.5 Å². The molecule has 0 unspecified atom stereocenters. The monoisotopic (exact) mass is 449 g/mol. The van der Waals surface area contributed by atoms with Gasteiger partial charge >= 0.3 is 0 Å². The van der Waals surface area contributed by atoms with E-state index in [0.717, 1.165) is 11.1 Å². The quantitative estimate of drug-likeness (QED) is 0.214. The van der Waals surface area contributed by atoms with Crippen LogP contribution in [0.5, 0.6) is 0 Å². The summed E-state index contributed by atoms with van der Waals surface area (Å²) >= 11 is 0. The smallest absolute Gasteiger partial charge is 0.267 e. The van der Waals surface area contributed by atoms with E-state index in [1.165, 1.54) is 5.48 Å². The summed E-state index contributed by atoms with van der Waals surface area (Å²) in [6.45, 7) is 1.61. The molecule has 0 aliphatic rings. The van der Waals surface area contributed by atoms with Crippen LogP contribution in [0.4, 0.5) is 5.69 Å². The number of carbonyl (C=O) groups excluding carboxylic acids is 3. The number of rotatable bonds is 6. The lowest BCUT2D eigenvalue weighted by Crippen LogP contribution is -2.50. The van der Waals surface area contributed by atoms with Crippen molar-refractivity contribution in [2.45, 2.75) is 20.4 Å². The van der Waals surface area contributed by atoms with E-state index >= 15 is 0 Å². The summed E-state index contributed by atoms with van der Waals surface area (Å²) < 4.78 is 0. The second kappa shape index (κ2) is 13.3. The molecule has 8 N–H and O–H groups in total. The second-order valence-corrected chi connectivity index (χ2v) is 6.60. The lowest BCUT2D eigenvalue weighted by Gasteiger charge is -2.14. The van der Waals surface area contributed by atoms with Crippen molar-refractivity contribution in [2.75, 3.05) is 18.4 Å². The predicted molar refractivity (Wildman–Crippen MR) is 126 cm³/mol. The number of hydrogen-bond donors (Lipinski definition) is 6. The van der Waals surface area contributed by atoms with E-state index in [9.17, 15) is 14.4 Å². The number of carbonyl (C=O) groups is 3. The Hall–Kier alpha value is -4.15. The summed E-state index contributed by atoms with van der Waals surface area (Å²) in [5.74, 6) is 9.73. The zero-order chi connectivity index (χ0) is 23.5. The molecule has 0 aromatic heterocycles. The third-order valence-corrected chi connectivity index (χ3v) is 4.28. The first-order chi connectivity index (χ1) is 15.4. The Morgan fingerprint density at radius 3 is 2.15 bits per heavy atom. The molecule has 172 valence electrons. The summed E-state index contributed by atoms with van der Waals surface area (Å²) in [6, 6.07) is 10.7. The molecule has 0 radical (unpaired) electrons. The van der Waals surface area contributed by atoms with Gasteiger partial charge in [-0.15, -0.1) is 0 Å². The normalized spacial score (nSPS) is 10.2. The van der Waals surface area contributed by atoms with Crippen molar-refractivity contribution < 1.29 is 19.6 Å². The molecule has 0 heterocycles. The van der Waals surface area contributed by atoms with E-state index in [4.69, 9.17) is 16.7 Å². The van der Waals surface area contributed by atoms with Gasteiger partial charge in [-0.25, -0.2) is 5.48 Å². The summed E-state index contributed by atoms with van der Waals surface area (Å²) in [4.78, 5) is 35.0. The highest BCUT2D eigenvalue weighted by Crippen LogP contribution is 2.15. The van der Waals surface area contributed by atoms with Crippen molar-refractivity contribution in [3.63, 3.8) is 0 Å². The molecule has 0 spiro atoms. The Labute approximate surface area is 192 Å². The number of hydroxylamine groups is 1. The average Bonchev–Trinajstić information content (AvgIpc) is 2.81. The maximum absolute atomic E-state index is 12.2. The third-order valence-electron chi connectivity index (χ3n) is 4.28. The van der Waals surface area contributed by atoms with Crippen molar-refractivity contribution in [3.05, 3.63) is 64.7 Å². The van der Waals surface area contributed by atoms with Crippen molar-refractivity contribution >= 4 is 23.4 Å². The van der Waals surface area contributed by atoms with Crippen molar-refractivity contribution in [1.82, 2.24) is 10.8 Å². The molecule has 33 heavy (non-hydrogen) atoms. The molecule has 0 saturated heterocycles. The van der Waals surface area contributed by atoms with Gasteiger partial charge in [-0.05, 0) is 66.8 Å². The van der Waals surface area contributed by atoms with Gasteiger partial charge in [0.1, 0.15) is 6.04 Å². The fraction of sp³-hybridized carbons (Fsp3) is 0.208. The van der Waals surface area contributed by atoms with Crippen molar-refractivity contribution in [2.24, 2.45) is 11.5 Å². The SMILES string of the molecule is C.Cc1cc(C#CC#Cc2ccc(C(=O)N[C@@H](CN)C(=O)NO)cc2)ccc1NC(=O)CN. The van der Waals surface area contributed by atoms with Crippen molar-refractivity contribution in [3.8, 4) is 23.7 Å². The lowest BCUT2D eigenvalue weighted by molar-refractivity contribution is -0.130. The standard InChI is InChI=1S/C23H23N5O4.CH4/c1-15-12-17(8-11-19(15)26-21(29)14-25)5-3-2-4-16-6-9-18(10-7-16)22(30)27-20(13-24)23(31)28-32;/h6-12,20,32H,13-14,24-25H2,1H3,(H,26,29)(H,27,30)(H,28,31);1H4/t20-;/m0./s1. The van der Waals surface area contributed by atoms with E-state index in [0.29, 0.717) is 16.8 Å². The Balaban J connectivity index is 0.00000544. The van der Waals surface area contributed by atoms with Gasteiger partial charge < -0.3 is 22.1 Å². The summed E-state index contributed by atoms with van der Waals surface area (Å²) in [5, 5.41) is 13.8. The maximum Gasteiger partial charge on any atom is 0.267 e. The maximum atomic E-state index is 12.2. The molecule has 2 aromatic rings. The Morgan fingerprint density at radius 2 is 1.61 bits per heavy atom. The minimum Gasteiger partial charge on any atom is -0.339 e. The van der Waals surface area contributed by atoms with E-state index in [2.05, 4.69) is 34.3 Å². The molecule has 2 aromatic carbocycles. The van der Waals surface area contributed by atoms with Crippen LogP contribution in [0, 0.1) is 30.6 Å². The fourth-order valence-corrected chi connectivity index (χ4v) is 2.55. The molecule has 1 atom stereocenters. The van der Waals surface area contributed by atoms with Gasteiger partial charge in [-0.2, -0.15) is 0 Å². The van der Waals surface area contributed by atoms with E-state index in [1.807, 2.05) is 13.0 Å². The molecule has 0 aliphatic carbocycles. The van der Waals surface area contributed by atoms with Crippen LogP contribution in [0.1, 0.15) is 34.5 Å². The molecule has 0 fully saturated rings. The van der Waals surface area contributed by atoms with Crippen LogP contribution in [0.2, 0.25) is 0 Å². The number of anilines is 1. The number of hydrogen-bond acceptors (Lipinski definition) is 6. The van der Waals surface area contributed by atoms with Gasteiger partial charge in [0.25, 0.3) is 11.8 Å². The Bertz CT molecular complexity index is 1120. The molecule has 0 bridgehead atoms. The van der Waals surface area contributed by atoms with Crippen LogP contribution < -0.4 is 27.6 Å². The Kier molecular flexibility index (Phi) is 10.8. The lowest BCUT2D eigenvalue weighted by atomic mass is 10.1. The predicted octanol–water partition coefficient (Wildman–Crippen LogP) is 0.494. The van der Waals surface area contributed by atoms with Crippen LogP contribution in [0.3, 0.4) is 0 Å². The highest BCUT2D eigenvalue weighted by molar-refractivity contribution is 5.97. The summed E-state index contributed by atoms with van der Waals surface area (Å²) in [5.41, 5.74) is 15.4. The Morgan fingerprint density at radius 1 is 1.00 bits per heavy atom. The topological polar surface area (TPSA) is 160 Å². The molecule has 0 aliphatic heterocycles. The number of amides is 3. The van der Waals surface area contributed by atoms with E-state index in [1.54, 1.807) is 36.4 Å². The van der Waals surface area contributed by atoms with Gasteiger partial charge in [0.15, 0.2) is 0 Å². The van der Waals surface area contributed by atoms with Gasteiger partial charge in [0.05, 0.1) is 6.54 Å². The van der Waals surface area contributed by atoms with Crippen molar-refractivity contribution in [1.29, 1.82) is 0 Å². The van der Waals surface area contributed by atoms with Crippen LogP contribution in [-0.2, 0) is 9.59 Å². The van der Waals surface area contributed by atoms with Crippen LogP contribution in [0.25, 0.3) is 0 Å². The first-order valence-electron chi connectivity index (χ1n) is 9.55. The number of nitrogens with one attached hydrogen (secondary N) is 3. The number of aryl methyl sites for hydroxylation is 1. The first-order valence-corrected chi connectivity index (χ1v) is 9.55. The molecule has 3 amide bonds. The summed E-state index contributed by atoms with van der Waals surface area (Å²) in [6.07, 6.45) is 0. The molecule has 0 saturated carbocycles. The molecule has 9 nitrogen and oxygen atoms in total. The van der Waals surface area contributed by atoms with E-state index < -0.39 is 17.9 Å². The van der Waals surface area contributed by atoms with E-state index in [-0.39, 0.29) is 26.4 Å².